The number of piperidine rings is 1. The number of ether oxygens (including phenoxy) is 1. The van der Waals surface area contributed by atoms with Gasteiger partial charge in [0.05, 0.1) is 17.2 Å². The number of benzene rings is 2. The number of anilines is 1. The molecule has 0 saturated carbocycles. The van der Waals surface area contributed by atoms with E-state index in [4.69, 9.17) is 4.74 Å². The standard InChI is InChI=1S/C22H27FN2O4S/c1-3-29-20-10-8-19(9-11-20)25(16-22(26)24-14-4-5-17(2)15-24)30(27,28)21-12-6-18(23)7-13-21/h6-13,17H,3-5,14-16H2,1-2H3. The van der Waals surface area contributed by atoms with Crippen LogP contribution in [0.25, 0.3) is 0 Å². The van der Waals surface area contributed by atoms with E-state index in [1.807, 2.05) is 6.92 Å². The third-order valence-corrected chi connectivity index (χ3v) is 6.91. The van der Waals surface area contributed by atoms with Gasteiger partial charge in [0.2, 0.25) is 5.91 Å². The number of carbonyl (C=O) groups is 1. The van der Waals surface area contributed by atoms with Crippen LogP contribution in [-0.4, -0.2) is 45.5 Å². The number of hydrogen-bond donors (Lipinski definition) is 0. The molecule has 1 aliphatic heterocycles. The van der Waals surface area contributed by atoms with Crippen LogP contribution in [0.4, 0.5) is 10.1 Å². The molecular formula is C22H27FN2O4S. The van der Waals surface area contributed by atoms with E-state index in [1.54, 1.807) is 29.2 Å². The molecule has 8 heteroatoms. The number of amides is 1. The van der Waals surface area contributed by atoms with Gasteiger partial charge in [-0.3, -0.25) is 9.10 Å². The van der Waals surface area contributed by atoms with Crippen LogP contribution in [0, 0.1) is 11.7 Å². The lowest BCUT2D eigenvalue weighted by atomic mass is 10.0. The smallest absolute Gasteiger partial charge is 0.264 e. The molecule has 1 amide bonds. The van der Waals surface area contributed by atoms with Gasteiger partial charge in [0.15, 0.2) is 0 Å². The Kier molecular flexibility index (Phi) is 6.97. The molecular weight excluding hydrogens is 407 g/mol. The Morgan fingerprint density at radius 1 is 1.17 bits per heavy atom. The summed E-state index contributed by atoms with van der Waals surface area (Å²) in [5.41, 5.74) is 0.348. The minimum Gasteiger partial charge on any atom is -0.494 e. The normalized spacial score (nSPS) is 16.9. The number of nitrogens with zero attached hydrogens (tertiary/aromatic N) is 2. The molecule has 0 spiro atoms. The largest absolute Gasteiger partial charge is 0.494 e. The van der Waals surface area contributed by atoms with E-state index < -0.39 is 15.8 Å². The average Bonchev–Trinajstić information content (AvgIpc) is 2.73. The van der Waals surface area contributed by atoms with Crippen molar-refractivity contribution in [2.75, 3.05) is 30.5 Å². The molecule has 1 saturated heterocycles. The summed E-state index contributed by atoms with van der Waals surface area (Å²) in [5, 5.41) is 0. The van der Waals surface area contributed by atoms with E-state index in [0.717, 1.165) is 29.3 Å². The van der Waals surface area contributed by atoms with Crippen LogP contribution < -0.4 is 9.04 Å². The quantitative estimate of drug-likeness (QED) is 0.667. The first-order chi connectivity index (χ1) is 14.3. The number of sulfonamides is 1. The summed E-state index contributed by atoms with van der Waals surface area (Å²) in [5.74, 6) is 0.216. The molecule has 0 N–H and O–H groups in total. The van der Waals surface area contributed by atoms with E-state index in [-0.39, 0.29) is 17.3 Å². The highest BCUT2D eigenvalue weighted by atomic mass is 32.2. The Morgan fingerprint density at radius 2 is 1.83 bits per heavy atom. The Labute approximate surface area is 177 Å². The maximum atomic E-state index is 13.3. The minimum atomic E-state index is -4.06. The lowest BCUT2D eigenvalue weighted by Gasteiger charge is -2.33. The molecule has 0 radical (unpaired) electrons. The Morgan fingerprint density at radius 3 is 2.43 bits per heavy atom. The maximum Gasteiger partial charge on any atom is 0.264 e. The van der Waals surface area contributed by atoms with Crippen LogP contribution in [0.1, 0.15) is 26.7 Å². The van der Waals surface area contributed by atoms with Crippen LogP contribution in [0.15, 0.2) is 53.4 Å². The van der Waals surface area contributed by atoms with E-state index in [0.29, 0.717) is 37.1 Å². The van der Waals surface area contributed by atoms with Crippen molar-refractivity contribution in [3.63, 3.8) is 0 Å². The number of rotatable bonds is 7. The van der Waals surface area contributed by atoms with Gasteiger partial charge in [-0.05, 0) is 74.2 Å². The molecule has 0 aliphatic carbocycles. The molecule has 162 valence electrons. The lowest BCUT2D eigenvalue weighted by Crippen LogP contribution is -2.46. The summed E-state index contributed by atoms with van der Waals surface area (Å²) in [4.78, 5) is 14.6. The van der Waals surface area contributed by atoms with Crippen molar-refractivity contribution in [2.24, 2.45) is 5.92 Å². The molecule has 1 aliphatic rings. The SMILES string of the molecule is CCOc1ccc(N(CC(=O)N2CCCC(C)C2)S(=O)(=O)c2ccc(F)cc2)cc1. The Bertz CT molecular complexity index is 962. The van der Waals surface area contributed by atoms with E-state index in [9.17, 15) is 17.6 Å². The molecule has 1 fully saturated rings. The highest BCUT2D eigenvalue weighted by Gasteiger charge is 2.30. The molecule has 0 aromatic heterocycles. The Balaban J connectivity index is 1.93. The van der Waals surface area contributed by atoms with Crippen LogP contribution >= 0.6 is 0 Å². The number of likely N-dealkylation sites (tertiary alicyclic amines) is 1. The van der Waals surface area contributed by atoms with E-state index >= 15 is 0 Å². The molecule has 6 nitrogen and oxygen atoms in total. The van der Waals surface area contributed by atoms with Crippen molar-refractivity contribution in [2.45, 2.75) is 31.6 Å². The third-order valence-electron chi connectivity index (χ3n) is 5.13. The summed E-state index contributed by atoms with van der Waals surface area (Å²) >= 11 is 0. The summed E-state index contributed by atoms with van der Waals surface area (Å²) in [6, 6.07) is 11.2. The van der Waals surface area contributed by atoms with Gasteiger partial charge in [-0.1, -0.05) is 6.92 Å². The fraction of sp³-hybridized carbons (Fsp3) is 0.409. The zero-order valence-corrected chi connectivity index (χ0v) is 18.1. The fourth-order valence-electron chi connectivity index (χ4n) is 3.56. The molecule has 2 aromatic rings. The van der Waals surface area contributed by atoms with Crippen molar-refractivity contribution in [3.8, 4) is 5.75 Å². The number of hydrogen-bond acceptors (Lipinski definition) is 4. The molecule has 1 atom stereocenters. The minimum absolute atomic E-state index is 0.0717. The topological polar surface area (TPSA) is 66.9 Å². The van der Waals surface area contributed by atoms with Gasteiger partial charge in [0.1, 0.15) is 18.1 Å². The third kappa shape index (κ3) is 5.11. The van der Waals surface area contributed by atoms with Gasteiger partial charge < -0.3 is 9.64 Å². The van der Waals surface area contributed by atoms with E-state index in [2.05, 4.69) is 6.92 Å². The van der Waals surface area contributed by atoms with E-state index in [1.165, 1.54) is 12.1 Å². The molecule has 3 rings (SSSR count). The Hall–Kier alpha value is -2.61. The first-order valence-corrected chi connectivity index (χ1v) is 11.5. The molecule has 0 bridgehead atoms. The molecule has 1 unspecified atom stereocenters. The maximum absolute atomic E-state index is 13.3. The van der Waals surface area contributed by atoms with Crippen LogP contribution in [0.2, 0.25) is 0 Å². The van der Waals surface area contributed by atoms with Crippen molar-refractivity contribution in [1.82, 2.24) is 4.90 Å². The predicted octanol–water partition coefficient (Wildman–Crippen LogP) is 3.68. The fourth-order valence-corrected chi connectivity index (χ4v) is 4.98. The average molecular weight is 435 g/mol. The first-order valence-electron chi connectivity index (χ1n) is 10.1. The van der Waals surface area contributed by atoms with Gasteiger partial charge in [-0.15, -0.1) is 0 Å². The van der Waals surface area contributed by atoms with Crippen molar-refractivity contribution < 1.29 is 22.3 Å². The highest BCUT2D eigenvalue weighted by Crippen LogP contribution is 2.27. The second-order valence-electron chi connectivity index (χ2n) is 7.48. The summed E-state index contributed by atoms with van der Waals surface area (Å²) in [7, 11) is -4.06. The van der Waals surface area contributed by atoms with Gasteiger partial charge in [-0.25, -0.2) is 12.8 Å². The van der Waals surface area contributed by atoms with Crippen LogP contribution in [0.5, 0.6) is 5.75 Å². The number of carbonyl (C=O) groups excluding carboxylic acids is 1. The van der Waals surface area contributed by atoms with Gasteiger partial charge in [0.25, 0.3) is 10.0 Å². The molecule has 1 heterocycles. The van der Waals surface area contributed by atoms with Crippen molar-refractivity contribution in [3.05, 3.63) is 54.3 Å². The number of halogens is 1. The summed E-state index contributed by atoms with van der Waals surface area (Å²) < 4.78 is 46.5. The van der Waals surface area contributed by atoms with Crippen molar-refractivity contribution >= 4 is 21.6 Å². The van der Waals surface area contributed by atoms with Gasteiger partial charge in [0, 0.05) is 13.1 Å². The van der Waals surface area contributed by atoms with Gasteiger partial charge in [-0.2, -0.15) is 0 Å². The first kappa shape index (κ1) is 22.1. The van der Waals surface area contributed by atoms with Crippen LogP contribution in [0.3, 0.4) is 0 Å². The monoisotopic (exact) mass is 434 g/mol. The summed E-state index contributed by atoms with van der Waals surface area (Å²) in [6.07, 6.45) is 1.96. The van der Waals surface area contributed by atoms with Crippen LogP contribution in [-0.2, 0) is 14.8 Å². The lowest BCUT2D eigenvalue weighted by molar-refractivity contribution is -0.131. The van der Waals surface area contributed by atoms with Crippen molar-refractivity contribution in [1.29, 1.82) is 0 Å². The highest BCUT2D eigenvalue weighted by molar-refractivity contribution is 7.92. The second-order valence-corrected chi connectivity index (χ2v) is 9.34. The zero-order chi connectivity index (χ0) is 21.7. The molecule has 30 heavy (non-hydrogen) atoms. The summed E-state index contributed by atoms with van der Waals surface area (Å²) in [6.45, 7) is 5.35. The zero-order valence-electron chi connectivity index (χ0n) is 17.3. The predicted molar refractivity (Wildman–Crippen MR) is 114 cm³/mol. The molecule has 2 aromatic carbocycles. The van der Waals surface area contributed by atoms with Gasteiger partial charge >= 0.3 is 0 Å². The second kappa shape index (κ2) is 9.47.